The molecular formula is C16H19N3O4S2. The Morgan fingerprint density at radius 1 is 1.24 bits per heavy atom. The number of hydrogen-bond acceptors (Lipinski definition) is 6. The van der Waals surface area contributed by atoms with Gasteiger partial charge in [-0.3, -0.25) is 10.1 Å². The fraction of sp³-hybridized carbons (Fsp3) is 0.375. The first kappa shape index (κ1) is 17.8. The number of thiophene rings is 1. The van der Waals surface area contributed by atoms with Crippen molar-refractivity contribution in [2.75, 3.05) is 18.0 Å². The SMILES string of the molecule is Cc1cccc([N+](=O)[O-])c1S(=O)(=O)NC1CCN(c2cccs2)CC1. The van der Waals surface area contributed by atoms with Gasteiger partial charge in [-0.05, 0) is 42.8 Å². The van der Waals surface area contributed by atoms with Crippen molar-refractivity contribution >= 4 is 32.0 Å². The van der Waals surface area contributed by atoms with Crippen LogP contribution in [-0.4, -0.2) is 32.5 Å². The summed E-state index contributed by atoms with van der Waals surface area (Å²) in [5, 5.41) is 14.4. The molecule has 1 fully saturated rings. The summed E-state index contributed by atoms with van der Waals surface area (Å²) >= 11 is 1.66. The summed E-state index contributed by atoms with van der Waals surface area (Å²) in [6.45, 7) is 3.08. The van der Waals surface area contributed by atoms with Crippen molar-refractivity contribution in [1.82, 2.24) is 4.72 Å². The van der Waals surface area contributed by atoms with Crippen molar-refractivity contribution in [2.45, 2.75) is 30.7 Å². The van der Waals surface area contributed by atoms with Gasteiger partial charge in [-0.25, -0.2) is 13.1 Å². The van der Waals surface area contributed by atoms with Gasteiger partial charge >= 0.3 is 0 Å². The van der Waals surface area contributed by atoms with E-state index in [0.29, 0.717) is 18.4 Å². The van der Waals surface area contributed by atoms with Gasteiger partial charge in [0.2, 0.25) is 10.0 Å². The summed E-state index contributed by atoms with van der Waals surface area (Å²) in [5.74, 6) is 0. The lowest BCUT2D eigenvalue weighted by Crippen LogP contribution is -2.44. The third-order valence-corrected chi connectivity index (χ3v) is 6.93. The van der Waals surface area contributed by atoms with Crippen LogP contribution in [0.4, 0.5) is 10.7 Å². The van der Waals surface area contributed by atoms with Crippen LogP contribution >= 0.6 is 11.3 Å². The van der Waals surface area contributed by atoms with Crippen molar-refractivity contribution in [1.29, 1.82) is 0 Å². The third kappa shape index (κ3) is 3.83. The van der Waals surface area contributed by atoms with Crippen LogP contribution in [-0.2, 0) is 10.0 Å². The second kappa shape index (κ2) is 7.11. The molecular weight excluding hydrogens is 362 g/mol. The Labute approximate surface area is 150 Å². The highest BCUT2D eigenvalue weighted by Gasteiger charge is 2.31. The second-order valence-corrected chi connectivity index (χ2v) is 8.59. The number of nitro benzene ring substituents is 1. The zero-order valence-electron chi connectivity index (χ0n) is 13.7. The van der Waals surface area contributed by atoms with E-state index in [1.807, 2.05) is 17.5 Å². The van der Waals surface area contributed by atoms with Crippen LogP contribution in [0.3, 0.4) is 0 Å². The Balaban J connectivity index is 1.74. The lowest BCUT2D eigenvalue weighted by Gasteiger charge is -2.32. The number of nitrogens with zero attached hydrogens (tertiary/aromatic N) is 2. The molecule has 1 aliphatic heterocycles. The van der Waals surface area contributed by atoms with Crippen LogP contribution in [0.15, 0.2) is 40.6 Å². The Morgan fingerprint density at radius 3 is 2.56 bits per heavy atom. The molecule has 1 aromatic carbocycles. The number of aryl methyl sites for hydroxylation is 1. The van der Waals surface area contributed by atoms with Gasteiger partial charge in [0.05, 0.1) is 9.92 Å². The predicted octanol–water partition coefficient (Wildman–Crippen LogP) is 2.91. The van der Waals surface area contributed by atoms with Crippen molar-refractivity contribution in [3.63, 3.8) is 0 Å². The highest BCUT2D eigenvalue weighted by Crippen LogP contribution is 2.29. The van der Waals surface area contributed by atoms with Crippen LogP contribution in [0, 0.1) is 17.0 Å². The monoisotopic (exact) mass is 381 g/mol. The molecule has 134 valence electrons. The highest BCUT2D eigenvalue weighted by molar-refractivity contribution is 7.89. The molecule has 2 heterocycles. The molecule has 0 aliphatic carbocycles. The van der Waals surface area contributed by atoms with Gasteiger partial charge in [0.15, 0.2) is 4.90 Å². The molecule has 0 unspecified atom stereocenters. The largest absolute Gasteiger partial charge is 0.363 e. The number of rotatable bonds is 5. The Hall–Kier alpha value is -1.97. The first-order chi connectivity index (χ1) is 11.9. The summed E-state index contributed by atoms with van der Waals surface area (Å²) in [7, 11) is -3.95. The molecule has 2 aromatic rings. The normalized spacial score (nSPS) is 16.1. The molecule has 0 radical (unpaired) electrons. The molecule has 0 amide bonds. The van der Waals surface area contributed by atoms with Crippen LogP contribution in [0.2, 0.25) is 0 Å². The van der Waals surface area contributed by atoms with E-state index in [2.05, 4.69) is 9.62 Å². The van der Waals surface area contributed by atoms with Gasteiger partial charge in [0.1, 0.15) is 0 Å². The van der Waals surface area contributed by atoms with E-state index < -0.39 is 14.9 Å². The van der Waals surface area contributed by atoms with E-state index in [1.165, 1.54) is 17.1 Å². The number of sulfonamides is 1. The van der Waals surface area contributed by atoms with Gasteiger partial charge in [0.25, 0.3) is 5.69 Å². The Morgan fingerprint density at radius 2 is 1.96 bits per heavy atom. The van der Waals surface area contributed by atoms with Gasteiger partial charge in [-0.2, -0.15) is 0 Å². The lowest BCUT2D eigenvalue weighted by molar-refractivity contribution is -0.387. The number of nitro groups is 1. The second-order valence-electron chi connectivity index (χ2n) is 6.01. The van der Waals surface area contributed by atoms with Crippen LogP contribution in [0.25, 0.3) is 0 Å². The van der Waals surface area contributed by atoms with Crippen LogP contribution in [0.5, 0.6) is 0 Å². The maximum Gasteiger partial charge on any atom is 0.289 e. The first-order valence-corrected chi connectivity index (χ1v) is 10.3. The Bertz CT molecular complexity index is 858. The molecule has 3 rings (SSSR count). The van der Waals surface area contributed by atoms with Crippen molar-refractivity contribution < 1.29 is 13.3 Å². The zero-order chi connectivity index (χ0) is 18.0. The van der Waals surface area contributed by atoms with E-state index in [0.717, 1.165) is 13.1 Å². The molecule has 0 spiro atoms. The average Bonchev–Trinajstić information content (AvgIpc) is 3.09. The summed E-state index contributed by atoms with van der Waals surface area (Å²) in [5.41, 5.74) is -0.0127. The quantitative estimate of drug-likeness (QED) is 0.635. The zero-order valence-corrected chi connectivity index (χ0v) is 15.3. The van der Waals surface area contributed by atoms with Gasteiger partial charge in [-0.1, -0.05) is 12.1 Å². The predicted molar refractivity (Wildman–Crippen MR) is 97.7 cm³/mol. The third-order valence-electron chi connectivity index (χ3n) is 4.29. The number of nitrogens with one attached hydrogen (secondary N) is 1. The van der Waals surface area contributed by atoms with E-state index in [4.69, 9.17) is 0 Å². The smallest absolute Gasteiger partial charge is 0.289 e. The molecule has 7 nitrogen and oxygen atoms in total. The standard InChI is InChI=1S/C16H19N3O4S2/c1-12-4-2-5-14(19(20)21)16(12)25(22,23)17-13-7-9-18(10-8-13)15-6-3-11-24-15/h2-6,11,13,17H,7-10H2,1H3. The molecule has 1 saturated heterocycles. The van der Waals surface area contributed by atoms with E-state index >= 15 is 0 Å². The van der Waals surface area contributed by atoms with Gasteiger partial charge in [-0.15, -0.1) is 11.3 Å². The lowest BCUT2D eigenvalue weighted by atomic mass is 10.1. The molecule has 0 atom stereocenters. The van der Waals surface area contributed by atoms with Crippen molar-refractivity contribution in [3.05, 3.63) is 51.4 Å². The number of hydrogen-bond donors (Lipinski definition) is 1. The highest BCUT2D eigenvalue weighted by atomic mass is 32.2. The molecule has 0 saturated carbocycles. The Kier molecular flexibility index (Phi) is 5.07. The van der Waals surface area contributed by atoms with Gasteiger partial charge < -0.3 is 4.90 Å². The minimum Gasteiger partial charge on any atom is -0.363 e. The summed E-state index contributed by atoms with van der Waals surface area (Å²) in [6, 6.07) is 8.10. The van der Waals surface area contributed by atoms with Crippen molar-refractivity contribution in [3.8, 4) is 0 Å². The van der Waals surface area contributed by atoms with E-state index in [-0.39, 0.29) is 16.6 Å². The topological polar surface area (TPSA) is 92.5 Å². The van der Waals surface area contributed by atoms with Crippen LogP contribution in [0.1, 0.15) is 18.4 Å². The fourth-order valence-electron chi connectivity index (χ4n) is 3.08. The molecule has 9 heteroatoms. The molecule has 1 N–H and O–H groups in total. The van der Waals surface area contributed by atoms with E-state index in [9.17, 15) is 18.5 Å². The van der Waals surface area contributed by atoms with Crippen LogP contribution < -0.4 is 9.62 Å². The summed E-state index contributed by atoms with van der Waals surface area (Å²) in [4.78, 5) is 12.5. The van der Waals surface area contributed by atoms with Gasteiger partial charge in [0, 0.05) is 25.2 Å². The maximum absolute atomic E-state index is 12.7. The number of benzene rings is 1. The molecule has 1 aromatic heterocycles. The summed E-state index contributed by atoms with van der Waals surface area (Å²) < 4.78 is 28.1. The fourth-order valence-corrected chi connectivity index (χ4v) is 5.56. The average molecular weight is 381 g/mol. The maximum atomic E-state index is 12.7. The molecule has 25 heavy (non-hydrogen) atoms. The minimum atomic E-state index is -3.95. The van der Waals surface area contributed by atoms with E-state index in [1.54, 1.807) is 24.3 Å². The molecule has 1 aliphatic rings. The van der Waals surface area contributed by atoms with Crippen molar-refractivity contribution in [2.24, 2.45) is 0 Å². The number of piperidine rings is 1. The summed E-state index contributed by atoms with van der Waals surface area (Å²) in [6.07, 6.45) is 1.33. The minimum absolute atomic E-state index is 0.222. The molecule has 0 bridgehead atoms. The number of anilines is 1. The first-order valence-electron chi connectivity index (χ1n) is 7.93.